The van der Waals surface area contributed by atoms with Gasteiger partial charge in [-0.1, -0.05) is 58.0 Å². The van der Waals surface area contributed by atoms with Crippen LogP contribution < -0.4 is 5.32 Å². The molecule has 168 valence electrons. The smallest absolute Gasteiger partial charge is 0.255 e. The summed E-state index contributed by atoms with van der Waals surface area (Å²) in [5.74, 6) is 1.06. The second-order valence-corrected chi connectivity index (χ2v) is 9.48. The molecule has 2 atom stereocenters. The highest BCUT2D eigenvalue weighted by molar-refractivity contribution is 6.01. The van der Waals surface area contributed by atoms with E-state index < -0.39 is 6.04 Å². The number of carbonyl (C=O) groups is 2. The van der Waals surface area contributed by atoms with Crippen molar-refractivity contribution in [2.24, 2.45) is 18.9 Å². The van der Waals surface area contributed by atoms with Gasteiger partial charge in [-0.15, -0.1) is 0 Å². The van der Waals surface area contributed by atoms with Crippen LogP contribution in [0.15, 0.2) is 48.5 Å². The summed E-state index contributed by atoms with van der Waals surface area (Å²) < 4.78 is 2.05. The van der Waals surface area contributed by atoms with E-state index in [2.05, 4.69) is 37.6 Å². The Bertz CT molecular complexity index is 1150. The average molecular weight is 433 g/mol. The molecule has 0 fully saturated rings. The van der Waals surface area contributed by atoms with Crippen LogP contribution in [0.3, 0.4) is 0 Å². The predicted molar refractivity (Wildman–Crippen MR) is 126 cm³/mol. The Kier molecular flexibility index (Phi) is 6.04. The van der Waals surface area contributed by atoms with Crippen molar-refractivity contribution in [3.8, 4) is 0 Å². The maximum absolute atomic E-state index is 13.6. The van der Waals surface area contributed by atoms with Crippen LogP contribution in [-0.4, -0.2) is 32.3 Å². The van der Waals surface area contributed by atoms with Crippen molar-refractivity contribution >= 4 is 22.8 Å². The summed E-state index contributed by atoms with van der Waals surface area (Å²) in [4.78, 5) is 33.3. The Balaban J connectivity index is 1.63. The van der Waals surface area contributed by atoms with Crippen LogP contribution in [-0.2, 0) is 18.4 Å². The number of aromatic nitrogens is 2. The lowest BCUT2D eigenvalue weighted by atomic mass is 9.99. The summed E-state index contributed by atoms with van der Waals surface area (Å²) in [7, 11) is 1.98. The number of carbonyl (C=O) groups excluding carboxylic acids is 2. The molecule has 2 heterocycles. The Labute approximate surface area is 189 Å². The van der Waals surface area contributed by atoms with Gasteiger partial charge in [0.2, 0.25) is 5.91 Å². The molecule has 2 aromatic carbocycles. The second-order valence-electron chi connectivity index (χ2n) is 9.48. The van der Waals surface area contributed by atoms with Crippen molar-refractivity contribution in [1.82, 2.24) is 19.8 Å². The number of amides is 2. The molecule has 0 bridgehead atoms. The highest BCUT2D eigenvalue weighted by atomic mass is 16.2. The fourth-order valence-electron chi connectivity index (χ4n) is 4.57. The molecule has 6 nitrogen and oxygen atoms in total. The van der Waals surface area contributed by atoms with E-state index in [1.807, 2.05) is 55.6 Å². The lowest BCUT2D eigenvalue weighted by Crippen LogP contribution is -2.49. The van der Waals surface area contributed by atoms with Crippen molar-refractivity contribution in [1.29, 1.82) is 0 Å². The van der Waals surface area contributed by atoms with Gasteiger partial charge in [0.25, 0.3) is 5.91 Å². The Morgan fingerprint density at radius 3 is 2.41 bits per heavy atom. The molecule has 0 aliphatic carbocycles. The van der Waals surface area contributed by atoms with E-state index in [4.69, 9.17) is 4.98 Å². The van der Waals surface area contributed by atoms with Crippen molar-refractivity contribution in [2.75, 3.05) is 0 Å². The van der Waals surface area contributed by atoms with Crippen LogP contribution in [0.25, 0.3) is 11.0 Å². The first-order valence-electron chi connectivity index (χ1n) is 11.4. The van der Waals surface area contributed by atoms with Crippen molar-refractivity contribution in [3.63, 3.8) is 0 Å². The second kappa shape index (κ2) is 8.77. The molecule has 0 spiro atoms. The maximum atomic E-state index is 13.6. The quantitative estimate of drug-likeness (QED) is 0.599. The molecular formula is C26H32N4O2. The Morgan fingerprint density at radius 1 is 1.06 bits per heavy atom. The van der Waals surface area contributed by atoms with Crippen LogP contribution in [0.1, 0.15) is 61.9 Å². The summed E-state index contributed by atoms with van der Waals surface area (Å²) in [6.45, 7) is 8.80. The standard InChI is InChI=1S/C26H32N4O2/c1-16(2)14-22(30-15-18-10-6-7-11-19(18)26(30)32)25(31)28-23(17(3)4)24-27-20-12-8-9-13-21(20)29(24)5/h6-13,16-17,22-23H,14-15H2,1-5H3,(H,28,31)/t22-,23+/m0/s1. The molecule has 1 aliphatic heterocycles. The molecular weight excluding hydrogens is 400 g/mol. The van der Waals surface area contributed by atoms with E-state index in [1.165, 1.54) is 0 Å². The zero-order chi connectivity index (χ0) is 23.0. The summed E-state index contributed by atoms with van der Waals surface area (Å²) >= 11 is 0. The molecule has 2 amide bonds. The van der Waals surface area contributed by atoms with Crippen molar-refractivity contribution < 1.29 is 9.59 Å². The van der Waals surface area contributed by atoms with Crippen LogP contribution >= 0.6 is 0 Å². The van der Waals surface area contributed by atoms with E-state index in [0.717, 1.165) is 22.4 Å². The molecule has 1 N–H and O–H groups in total. The number of para-hydroxylation sites is 2. The number of fused-ring (bicyclic) bond motifs is 2. The molecule has 0 saturated carbocycles. The van der Waals surface area contributed by atoms with Gasteiger partial charge in [0.05, 0.1) is 17.1 Å². The average Bonchev–Trinajstić information content (AvgIpc) is 3.27. The number of hydrogen-bond acceptors (Lipinski definition) is 3. The molecule has 4 rings (SSSR count). The predicted octanol–water partition coefficient (Wildman–Crippen LogP) is 4.46. The van der Waals surface area contributed by atoms with Gasteiger partial charge in [0, 0.05) is 19.2 Å². The number of imidazole rings is 1. The van der Waals surface area contributed by atoms with Crippen LogP contribution in [0, 0.1) is 11.8 Å². The van der Waals surface area contributed by atoms with Gasteiger partial charge < -0.3 is 14.8 Å². The summed E-state index contributed by atoms with van der Waals surface area (Å²) in [6.07, 6.45) is 0.610. The molecule has 1 aromatic heterocycles. The van der Waals surface area contributed by atoms with Crippen molar-refractivity contribution in [3.05, 3.63) is 65.5 Å². The summed E-state index contributed by atoms with van der Waals surface area (Å²) in [5, 5.41) is 3.25. The first-order chi connectivity index (χ1) is 15.3. The number of benzene rings is 2. The third-order valence-corrected chi connectivity index (χ3v) is 6.29. The zero-order valence-corrected chi connectivity index (χ0v) is 19.5. The summed E-state index contributed by atoms with van der Waals surface area (Å²) in [5.41, 5.74) is 3.62. The number of nitrogens with one attached hydrogen (secondary N) is 1. The molecule has 6 heteroatoms. The molecule has 3 aromatic rings. The third kappa shape index (κ3) is 4.01. The number of hydrogen-bond donors (Lipinski definition) is 1. The minimum atomic E-state index is -0.522. The van der Waals surface area contributed by atoms with E-state index in [9.17, 15) is 9.59 Å². The number of nitrogens with zero attached hydrogens (tertiary/aromatic N) is 3. The van der Waals surface area contributed by atoms with Crippen LogP contribution in [0.4, 0.5) is 0 Å². The monoisotopic (exact) mass is 432 g/mol. The maximum Gasteiger partial charge on any atom is 0.255 e. The minimum Gasteiger partial charge on any atom is -0.344 e. The van der Waals surface area contributed by atoms with Gasteiger partial charge in [0.15, 0.2) is 0 Å². The normalized spacial score (nSPS) is 15.5. The lowest BCUT2D eigenvalue weighted by molar-refractivity contribution is -0.127. The van der Waals surface area contributed by atoms with Gasteiger partial charge >= 0.3 is 0 Å². The molecule has 0 saturated heterocycles. The number of aryl methyl sites for hydroxylation is 1. The first-order valence-corrected chi connectivity index (χ1v) is 11.4. The largest absolute Gasteiger partial charge is 0.344 e. The number of rotatable bonds is 7. The fourth-order valence-corrected chi connectivity index (χ4v) is 4.57. The third-order valence-electron chi connectivity index (χ3n) is 6.29. The van der Waals surface area contributed by atoms with Crippen molar-refractivity contribution in [2.45, 2.75) is 52.7 Å². The first kappa shape index (κ1) is 22.1. The summed E-state index contributed by atoms with van der Waals surface area (Å²) in [6, 6.07) is 14.8. The van der Waals surface area contributed by atoms with Gasteiger partial charge in [-0.3, -0.25) is 9.59 Å². The Morgan fingerprint density at radius 2 is 1.75 bits per heavy atom. The fraction of sp³-hybridized carbons (Fsp3) is 0.423. The topological polar surface area (TPSA) is 67.2 Å². The highest BCUT2D eigenvalue weighted by Crippen LogP contribution is 2.29. The van der Waals surface area contributed by atoms with Gasteiger partial charge in [-0.05, 0) is 42.0 Å². The molecule has 0 radical (unpaired) electrons. The SMILES string of the molecule is CC(C)C[C@@H](C(=O)N[C@@H](c1nc2ccccc2n1C)C(C)C)N1Cc2ccccc2C1=O. The highest BCUT2D eigenvalue weighted by Gasteiger charge is 2.38. The van der Waals surface area contributed by atoms with Crippen LogP contribution in [0.5, 0.6) is 0 Å². The molecule has 1 aliphatic rings. The molecule has 32 heavy (non-hydrogen) atoms. The van der Waals surface area contributed by atoms with E-state index >= 15 is 0 Å². The Hall–Kier alpha value is -3.15. The van der Waals surface area contributed by atoms with Gasteiger partial charge in [0.1, 0.15) is 11.9 Å². The molecule has 0 unspecified atom stereocenters. The minimum absolute atomic E-state index is 0.0646. The van der Waals surface area contributed by atoms with Gasteiger partial charge in [-0.25, -0.2) is 4.98 Å². The van der Waals surface area contributed by atoms with Crippen LogP contribution in [0.2, 0.25) is 0 Å². The van der Waals surface area contributed by atoms with E-state index in [-0.39, 0.29) is 29.7 Å². The van der Waals surface area contributed by atoms with E-state index in [0.29, 0.717) is 18.5 Å². The van der Waals surface area contributed by atoms with E-state index in [1.54, 1.807) is 4.90 Å². The lowest BCUT2D eigenvalue weighted by Gasteiger charge is -2.31. The van der Waals surface area contributed by atoms with Gasteiger partial charge in [-0.2, -0.15) is 0 Å². The zero-order valence-electron chi connectivity index (χ0n) is 19.5.